The fourth-order valence-corrected chi connectivity index (χ4v) is 2.96. The number of aromatic nitrogens is 3. The normalized spacial score (nSPS) is 10.6. The van der Waals surface area contributed by atoms with Gasteiger partial charge in [0, 0.05) is 16.8 Å². The third-order valence-corrected chi connectivity index (χ3v) is 4.49. The van der Waals surface area contributed by atoms with Gasteiger partial charge in [0.15, 0.2) is 0 Å². The molecule has 5 N–H and O–H groups in total. The van der Waals surface area contributed by atoms with Gasteiger partial charge in [-0.25, -0.2) is 4.68 Å². The van der Waals surface area contributed by atoms with Crippen molar-refractivity contribution in [2.24, 2.45) is 0 Å². The van der Waals surface area contributed by atoms with Crippen molar-refractivity contribution in [2.75, 3.05) is 16.8 Å². The highest BCUT2D eigenvalue weighted by atomic mass is 16.1. The van der Waals surface area contributed by atoms with E-state index in [0.717, 1.165) is 16.8 Å². The summed E-state index contributed by atoms with van der Waals surface area (Å²) >= 11 is 0. The summed E-state index contributed by atoms with van der Waals surface area (Å²) in [6, 6.07) is 22.0. The lowest BCUT2D eigenvalue weighted by molar-refractivity contribution is 0.102. The topological polar surface area (TPSA) is 112 Å². The molecule has 0 aliphatic carbocycles. The predicted molar refractivity (Wildman–Crippen MR) is 114 cm³/mol. The van der Waals surface area contributed by atoms with Gasteiger partial charge in [-0.1, -0.05) is 41.6 Å². The van der Waals surface area contributed by atoms with Crippen LogP contribution in [0.4, 0.5) is 17.1 Å². The van der Waals surface area contributed by atoms with Crippen molar-refractivity contribution in [2.45, 2.75) is 6.54 Å². The van der Waals surface area contributed by atoms with Gasteiger partial charge < -0.3 is 16.8 Å². The van der Waals surface area contributed by atoms with E-state index in [1.807, 2.05) is 54.7 Å². The number of hydrogen-bond acceptors (Lipinski definition) is 5. The van der Waals surface area contributed by atoms with Crippen LogP contribution in [0.15, 0.2) is 79.0 Å². The number of benzene rings is 3. The molecule has 7 nitrogen and oxygen atoms in total. The maximum Gasteiger partial charge on any atom is 0.255 e. The number of nitrogens with two attached hydrogens (primary N) is 2. The molecule has 29 heavy (non-hydrogen) atoms. The fourth-order valence-electron chi connectivity index (χ4n) is 2.96. The highest BCUT2D eigenvalue weighted by Crippen LogP contribution is 2.20. The van der Waals surface area contributed by atoms with Crippen molar-refractivity contribution in [1.82, 2.24) is 15.0 Å². The van der Waals surface area contributed by atoms with Crippen LogP contribution in [-0.4, -0.2) is 20.9 Å². The first-order chi connectivity index (χ1) is 14.1. The van der Waals surface area contributed by atoms with Crippen LogP contribution in [-0.2, 0) is 6.54 Å². The molecule has 0 saturated carbocycles. The molecule has 0 spiro atoms. The Balaban J connectivity index is 1.43. The lowest BCUT2D eigenvalue weighted by Crippen LogP contribution is -2.13. The Morgan fingerprint density at radius 2 is 1.76 bits per heavy atom. The second kappa shape index (κ2) is 7.85. The highest BCUT2D eigenvalue weighted by Gasteiger charge is 2.09. The van der Waals surface area contributed by atoms with E-state index in [9.17, 15) is 4.79 Å². The Morgan fingerprint density at radius 1 is 0.966 bits per heavy atom. The molecule has 0 aliphatic heterocycles. The smallest absolute Gasteiger partial charge is 0.255 e. The summed E-state index contributed by atoms with van der Waals surface area (Å²) in [6.45, 7) is 0.544. The van der Waals surface area contributed by atoms with Crippen LogP contribution in [0.2, 0.25) is 0 Å². The molecule has 3 aromatic carbocycles. The van der Waals surface area contributed by atoms with Gasteiger partial charge in [0.25, 0.3) is 5.91 Å². The molecule has 1 amide bonds. The lowest BCUT2D eigenvalue weighted by Gasteiger charge is -2.08. The molecule has 4 aromatic rings. The molecule has 1 aromatic heterocycles. The Hall–Kier alpha value is -4.13. The average Bonchev–Trinajstić information content (AvgIpc) is 3.19. The van der Waals surface area contributed by atoms with Crippen LogP contribution in [0.1, 0.15) is 15.9 Å². The molecular formula is C22H20N6O. The van der Waals surface area contributed by atoms with Crippen molar-refractivity contribution in [3.05, 3.63) is 90.1 Å². The van der Waals surface area contributed by atoms with Crippen molar-refractivity contribution in [3.8, 4) is 11.3 Å². The zero-order valence-corrected chi connectivity index (χ0v) is 15.6. The fraction of sp³-hybridized carbons (Fsp3) is 0.0455. The lowest BCUT2D eigenvalue weighted by atomic mass is 10.1. The van der Waals surface area contributed by atoms with E-state index in [-0.39, 0.29) is 5.91 Å². The highest BCUT2D eigenvalue weighted by molar-refractivity contribution is 6.05. The Bertz CT molecular complexity index is 1150. The maximum absolute atomic E-state index is 12.4. The van der Waals surface area contributed by atoms with Crippen LogP contribution in [0.3, 0.4) is 0 Å². The van der Waals surface area contributed by atoms with Gasteiger partial charge in [-0.2, -0.15) is 0 Å². The molecule has 7 heteroatoms. The summed E-state index contributed by atoms with van der Waals surface area (Å²) in [5, 5.41) is 11.2. The molecule has 4 rings (SSSR count). The second-order valence-corrected chi connectivity index (χ2v) is 6.67. The molecule has 0 fully saturated rings. The van der Waals surface area contributed by atoms with Gasteiger partial charge in [-0.3, -0.25) is 4.79 Å². The van der Waals surface area contributed by atoms with Gasteiger partial charge in [0.1, 0.15) is 5.69 Å². The molecule has 0 aliphatic rings. The van der Waals surface area contributed by atoms with Crippen molar-refractivity contribution < 1.29 is 4.79 Å². The quantitative estimate of drug-likeness (QED) is 0.457. The third kappa shape index (κ3) is 4.24. The van der Waals surface area contributed by atoms with E-state index in [4.69, 9.17) is 11.5 Å². The van der Waals surface area contributed by atoms with Gasteiger partial charge in [0.2, 0.25) is 0 Å². The Labute approximate surface area is 168 Å². The van der Waals surface area contributed by atoms with Crippen molar-refractivity contribution in [1.29, 1.82) is 0 Å². The SMILES string of the molecule is Nc1cccc(-c2cn(Cc3ccc(C(=O)Nc4ccccc4N)cc3)nn2)c1. The Kier molecular flexibility index (Phi) is 4.94. The summed E-state index contributed by atoms with van der Waals surface area (Å²) < 4.78 is 1.75. The van der Waals surface area contributed by atoms with Crippen molar-refractivity contribution >= 4 is 23.0 Å². The summed E-state index contributed by atoms with van der Waals surface area (Å²) in [5.41, 5.74) is 16.7. The number of nitrogen functional groups attached to an aromatic ring is 2. The van der Waals surface area contributed by atoms with Gasteiger partial charge >= 0.3 is 0 Å². The molecule has 0 atom stereocenters. The average molecular weight is 384 g/mol. The Morgan fingerprint density at radius 3 is 2.52 bits per heavy atom. The minimum absolute atomic E-state index is 0.209. The second-order valence-electron chi connectivity index (χ2n) is 6.67. The first kappa shape index (κ1) is 18.2. The zero-order valence-electron chi connectivity index (χ0n) is 15.6. The molecule has 0 saturated heterocycles. The molecular weight excluding hydrogens is 364 g/mol. The van der Waals surface area contributed by atoms with Gasteiger partial charge in [-0.15, -0.1) is 5.10 Å². The van der Waals surface area contributed by atoms with Gasteiger partial charge in [-0.05, 0) is 42.0 Å². The number of para-hydroxylation sites is 2. The van der Waals surface area contributed by atoms with Crippen LogP contribution < -0.4 is 16.8 Å². The van der Waals surface area contributed by atoms with Crippen LogP contribution >= 0.6 is 0 Å². The number of nitrogens with zero attached hydrogens (tertiary/aromatic N) is 3. The summed E-state index contributed by atoms with van der Waals surface area (Å²) in [4.78, 5) is 12.4. The molecule has 144 valence electrons. The van der Waals surface area contributed by atoms with Crippen molar-refractivity contribution in [3.63, 3.8) is 0 Å². The zero-order chi connectivity index (χ0) is 20.2. The predicted octanol–water partition coefficient (Wildman–Crippen LogP) is 3.41. The molecule has 0 radical (unpaired) electrons. The number of hydrogen-bond donors (Lipinski definition) is 3. The molecule has 1 heterocycles. The first-order valence-corrected chi connectivity index (χ1v) is 9.09. The number of amides is 1. The number of carbonyl (C=O) groups excluding carboxylic acids is 1. The number of rotatable bonds is 5. The summed E-state index contributed by atoms with van der Waals surface area (Å²) in [5.74, 6) is -0.209. The first-order valence-electron chi connectivity index (χ1n) is 9.09. The van der Waals surface area contributed by atoms with Crippen LogP contribution in [0.5, 0.6) is 0 Å². The van der Waals surface area contributed by atoms with E-state index in [1.54, 1.807) is 28.9 Å². The minimum Gasteiger partial charge on any atom is -0.399 e. The van der Waals surface area contributed by atoms with E-state index in [1.165, 1.54) is 0 Å². The minimum atomic E-state index is -0.209. The molecule has 0 unspecified atom stereocenters. The van der Waals surface area contributed by atoms with E-state index in [0.29, 0.717) is 29.2 Å². The largest absolute Gasteiger partial charge is 0.399 e. The molecule has 0 bridgehead atoms. The third-order valence-electron chi connectivity index (χ3n) is 4.49. The van der Waals surface area contributed by atoms with E-state index >= 15 is 0 Å². The van der Waals surface area contributed by atoms with E-state index < -0.39 is 0 Å². The summed E-state index contributed by atoms with van der Waals surface area (Å²) in [6.07, 6.45) is 1.87. The van der Waals surface area contributed by atoms with E-state index in [2.05, 4.69) is 15.6 Å². The monoisotopic (exact) mass is 384 g/mol. The maximum atomic E-state index is 12.4. The number of anilines is 3. The number of carbonyl (C=O) groups is 1. The van der Waals surface area contributed by atoms with Gasteiger partial charge in [0.05, 0.1) is 24.1 Å². The van der Waals surface area contributed by atoms with Crippen LogP contribution in [0.25, 0.3) is 11.3 Å². The van der Waals surface area contributed by atoms with Crippen LogP contribution in [0, 0.1) is 0 Å². The summed E-state index contributed by atoms with van der Waals surface area (Å²) in [7, 11) is 0. The number of nitrogens with one attached hydrogen (secondary N) is 1. The standard InChI is InChI=1S/C22H20N6O/c23-18-5-3-4-17(12-18)21-14-28(27-26-21)13-15-8-10-16(11-9-15)22(29)25-20-7-2-1-6-19(20)24/h1-12,14H,13,23-24H2,(H,25,29).